The number of ketones is 1. The van der Waals surface area contributed by atoms with E-state index in [0.29, 0.717) is 33.7 Å². The number of carbonyl (C=O) groups excluding carboxylic acids is 3. The number of Topliss-reactive ketones (excluding diaryl/α,β-unsaturated/α-hetero) is 1. The van der Waals surface area contributed by atoms with Crippen LogP contribution in [0.2, 0.25) is 0 Å². The Morgan fingerprint density at radius 3 is 2.43 bits per heavy atom. The Bertz CT molecular complexity index is 1310. The molecule has 0 saturated carbocycles. The summed E-state index contributed by atoms with van der Waals surface area (Å²) < 4.78 is 13.1. The highest BCUT2D eigenvalue weighted by molar-refractivity contribution is 9.10. The Hall–Kier alpha value is -2.88. The van der Waals surface area contributed by atoms with Crippen molar-refractivity contribution in [1.29, 1.82) is 0 Å². The fourth-order valence-corrected chi connectivity index (χ4v) is 5.02. The Morgan fingerprint density at radius 2 is 1.74 bits per heavy atom. The number of thioether (sulfide) groups is 1. The van der Waals surface area contributed by atoms with Gasteiger partial charge in [-0.25, -0.2) is 0 Å². The van der Waals surface area contributed by atoms with Crippen LogP contribution in [0.4, 0.5) is 4.79 Å². The predicted molar refractivity (Wildman–Crippen MR) is 143 cm³/mol. The van der Waals surface area contributed by atoms with Gasteiger partial charge in [-0.05, 0) is 69.2 Å². The minimum Gasteiger partial charge on any atom is -0.493 e. The molecule has 0 aromatic heterocycles. The second-order valence-corrected chi connectivity index (χ2v) is 10.3. The lowest BCUT2D eigenvalue weighted by Gasteiger charge is -2.14. The van der Waals surface area contributed by atoms with E-state index in [0.717, 1.165) is 26.7 Å². The minimum absolute atomic E-state index is 0.230. The fraction of sp³-hybridized carbons (Fsp3) is 0.115. The maximum absolute atomic E-state index is 12.9. The van der Waals surface area contributed by atoms with Gasteiger partial charge in [-0.1, -0.05) is 58.4 Å². The third kappa shape index (κ3) is 6.04. The van der Waals surface area contributed by atoms with Crippen molar-refractivity contribution in [3.05, 3.63) is 97.3 Å². The summed E-state index contributed by atoms with van der Waals surface area (Å²) in [5.74, 6) is 0.191. The monoisotopic (exact) mass is 615 g/mol. The molecule has 1 saturated heterocycles. The van der Waals surface area contributed by atoms with Crippen molar-refractivity contribution in [2.75, 3.05) is 13.7 Å². The van der Waals surface area contributed by atoms with Gasteiger partial charge >= 0.3 is 0 Å². The van der Waals surface area contributed by atoms with Crippen molar-refractivity contribution < 1.29 is 23.9 Å². The molecule has 4 rings (SSSR count). The molecule has 3 aromatic carbocycles. The Kier molecular flexibility index (Phi) is 8.10. The molecule has 2 amide bonds. The van der Waals surface area contributed by atoms with E-state index in [1.807, 2.05) is 24.3 Å². The molecule has 1 heterocycles. The van der Waals surface area contributed by atoms with Crippen LogP contribution in [0.25, 0.3) is 6.08 Å². The van der Waals surface area contributed by atoms with Gasteiger partial charge in [-0.2, -0.15) is 0 Å². The van der Waals surface area contributed by atoms with Gasteiger partial charge in [0.05, 0.1) is 23.0 Å². The second-order valence-electron chi connectivity index (χ2n) is 7.51. The zero-order valence-corrected chi connectivity index (χ0v) is 22.5. The van der Waals surface area contributed by atoms with E-state index < -0.39 is 11.1 Å². The van der Waals surface area contributed by atoms with E-state index in [9.17, 15) is 14.4 Å². The van der Waals surface area contributed by atoms with E-state index in [1.165, 1.54) is 7.11 Å². The number of hydrogen-bond donors (Lipinski definition) is 0. The Morgan fingerprint density at radius 1 is 1.03 bits per heavy atom. The molecule has 1 aliphatic rings. The number of imide groups is 1. The average molecular weight is 617 g/mol. The molecule has 0 unspecified atom stereocenters. The molecular weight excluding hydrogens is 598 g/mol. The number of amides is 2. The molecule has 0 bridgehead atoms. The number of benzene rings is 3. The molecule has 0 spiro atoms. The maximum atomic E-state index is 12.9. The van der Waals surface area contributed by atoms with Crippen molar-refractivity contribution in [3.8, 4) is 11.5 Å². The molecule has 1 fully saturated rings. The summed E-state index contributed by atoms with van der Waals surface area (Å²) in [6, 6.07) is 19.9. The lowest BCUT2D eigenvalue weighted by molar-refractivity contribution is -0.122. The van der Waals surface area contributed by atoms with E-state index in [-0.39, 0.29) is 17.2 Å². The molecule has 178 valence electrons. The van der Waals surface area contributed by atoms with E-state index in [4.69, 9.17) is 9.47 Å². The van der Waals surface area contributed by atoms with E-state index in [1.54, 1.807) is 48.5 Å². The van der Waals surface area contributed by atoms with Gasteiger partial charge in [0, 0.05) is 10.0 Å². The van der Waals surface area contributed by atoms with Gasteiger partial charge in [0.25, 0.3) is 11.1 Å². The summed E-state index contributed by atoms with van der Waals surface area (Å²) in [6.45, 7) is 0.0395. The quantitative estimate of drug-likeness (QED) is 0.207. The first-order valence-corrected chi connectivity index (χ1v) is 12.8. The smallest absolute Gasteiger partial charge is 0.293 e. The van der Waals surface area contributed by atoms with Gasteiger partial charge in [0.2, 0.25) is 0 Å². The lowest BCUT2D eigenvalue weighted by atomic mass is 10.1. The number of rotatable bonds is 8. The molecule has 35 heavy (non-hydrogen) atoms. The second kappa shape index (κ2) is 11.2. The van der Waals surface area contributed by atoms with Crippen molar-refractivity contribution in [2.24, 2.45) is 0 Å². The standard InChI is InChI=1S/C26H19Br2NO5S/c1-33-22-12-17(11-20(28)24(22)34-15-16-7-9-19(27)10-8-16)13-23-25(31)29(26(32)35-23)14-21(30)18-5-3-2-4-6-18/h2-13H,14-15H2,1H3/b23-13+. The first-order chi connectivity index (χ1) is 16.9. The zero-order valence-electron chi connectivity index (χ0n) is 18.5. The number of halogens is 2. The van der Waals surface area contributed by atoms with Crippen LogP contribution in [0.1, 0.15) is 21.5 Å². The SMILES string of the molecule is COc1cc(/C=C2/SC(=O)N(CC(=O)c3ccccc3)C2=O)cc(Br)c1OCc1ccc(Br)cc1. The van der Waals surface area contributed by atoms with Crippen LogP contribution in [0.15, 0.2) is 80.6 Å². The number of ether oxygens (including phenoxy) is 2. The minimum atomic E-state index is -0.505. The summed E-state index contributed by atoms with van der Waals surface area (Å²) in [6.07, 6.45) is 1.60. The van der Waals surface area contributed by atoms with Gasteiger partial charge in [0.15, 0.2) is 17.3 Å². The lowest BCUT2D eigenvalue weighted by Crippen LogP contribution is -2.33. The summed E-state index contributed by atoms with van der Waals surface area (Å²) in [4.78, 5) is 39.0. The summed E-state index contributed by atoms with van der Waals surface area (Å²) >= 11 is 7.73. The molecule has 0 radical (unpaired) electrons. The number of hydrogen-bond acceptors (Lipinski definition) is 6. The Labute approximate surface area is 223 Å². The molecule has 1 aliphatic heterocycles. The van der Waals surface area contributed by atoms with Crippen LogP contribution in [-0.2, 0) is 11.4 Å². The van der Waals surface area contributed by atoms with Gasteiger partial charge < -0.3 is 9.47 Å². The summed E-state index contributed by atoms with van der Waals surface area (Å²) in [5.41, 5.74) is 2.08. The summed E-state index contributed by atoms with van der Waals surface area (Å²) in [7, 11) is 1.53. The maximum Gasteiger partial charge on any atom is 0.293 e. The first kappa shape index (κ1) is 25.2. The fourth-order valence-electron chi connectivity index (χ4n) is 3.35. The number of methoxy groups -OCH3 is 1. The van der Waals surface area contributed by atoms with Gasteiger partial charge in [0.1, 0.15) is 6.61 Å². The molecule has 9 heteroatoms. The predicted octanol–water partition coefficient (Wildman–Crippen LogP) is 6.72. The summed E-state index contributed by atoms with van der Waals surface area (Å²) in [5, 5.41) is -0.481. The third-order valence-corrected chi connectivity index (χ3v) is 7.14. The van der Waals surface area contributed by atoms with Crippen molar-refractivity contribution in [1.82, 2.24) is 4.90 Å². The highest BCUT2D eigenvalue weighted by Crippen LogP contribution is 2.39. The van der Waals surface area contributed by atoms with Crippen molar-refractivity contribution >= 4 is 66.6 Å². The third-order valence-electron chi connectivity index (χ3n) is 5.12. The van der Waals surface area contributed by atoms with Crippen molar-refractivity contribution in [3.63, 3.8) is 0 Å². The average Bonchev–Trinajstić information content (AvgIpc) is 3.11. The molecule has 6 nitrogen and oxygen atoms in total. The molecule has 0 atom stereocenters. The largest absolute Gasteiger partial charge is 0.493 e. The topological polar surface area (TPSA) is 72.9 Å². The van der Waals surface area contributed by atoms with Crippen LogP contribution in [0.5, 0.6) is 11.5 Å². The van der Waals surface area contributed by atoms with Crippen molar-refractivity contribution in [2.45, 2.75) is 6.61 Å². The molecular formula is C26H19Br2NO5S. The highest BCUT2D eigenvalue weighted by atomic mass is 79.9. The van der Waals surface area contributed by atoms with Crippen LogP contribution in [0.3, 0.4) is 0 Å². The van der Waals surface area contributed by atoms with E-state index >= 15 is 0 Å². The van der Waals surface area contributed by atoms with Crippen LogP contribution >= 0.6 is 43.6 Å². The zero-order chi connectivity index (χ0) is 24.9. The first-order valence-electron chi connectivity index (χ1n) is 10.4. The van der Waals surface area contributed by atoms with E-state index in [2.05, 4.69) is 31.9 Å². The van der Waals surface area contributed by atoms with Gasteiger partial charge in [-0.15, -0.1) is 0 Å². The highest BCUT2D eigenvalue weighted by Gasteiger charge is 2.36. The molecule has 0 aliphatic carbocycles. The van der Waals surface area contributed by atoms with Crippen LogP contribution in [0, 0.1) is 0 Å². The van der Waals surface area contributed by atoms with Crippen LogP contribution in [-0.4, -0.2) is 35.5 Å². The van der Waals surface area contributed by atoms with Crippen LogP contribution < -0.4 is 9.47 Å². The molecule has 3 aromatic rings. The number of nitrogens with zero attached hydrogens (tertiary/aromatic N) is 1. The number of carbonyl (C=O) groups is 3. The normalized spacial score (nSPS) is 14.5. The van der Waals surface area contributed by atoms with Gasteiger partial charge in [-0.3, -0.25) is 19.3 Å². The molecule has 0 N–H and O–H groups in total. The Balaban J connectivity index is 1.51.